The van der Waals surface area contributed by atoms with Crippen molar-refractivity contribution in [3.63, 3.8) is 0 Å². The Morgan fingerprint density at radius 1 is 1.25 bits per heavy atom. The van der Waals surface area contributed by atoms with Crippen molar-refractivity contribution in [3.05, 3.63) is 64.4 Å². The van der Waals surface area contributed by atoms with Gasteiger partial charge in [0.1, 0.15) is 6.54 Å². The normalized spacial score (nSPS) is 17.9. The number of aromatic nitrogens is 3. The number of carbonyl (C=O) groups excluding carboxylic acids is 2. The number of ether oxygens (including phenoxy) is 2. The minimum Gasteiger partial charge on any atom is -0.481 e. The average Bonchev–Trinajstić information content (AvgIpc) is 3.21. The number of nitrogens with zero attached hydrogens (tertiary/aromatic N) is 4. The highest BCUT2D eigenvalue weighted by Crippen LogP contribution is 2.37. The number of methoxy groups -OCH3 is 1. The highest BCUT2D eigenvalue weighted by Gasteiger charge is 2.36. The van der Waals surface area contributed by atoms with E-state index in [4.69, 9.17) is 21.1 Å². The minimum atomic E-state index is -0.742. The van der Waals surface area contributed by atoms with E-state index in [2.05, 4.69) is 25.6 Å². The van der Waals surface area contributed by atoms with Gasteiger partial charge < -0.3 is 30.1 Å². The molecule has 1 fully saturated rings. The largest absolute Gasteiger partial charge is 0.481 e. The number of hydrogen-bond donors (Lipinski definition) is 3. The number of amides is 2. The zero-order valence-corrected chi connectivity index (χ0v) is 23.0. The molecule has 2 aromatic heterocycles. The average molecular weight is 567 g/mol. The Balaban J connectivity index is 1.30. The third kappa shape index (κ3) is 5.86. The topological polar surface area (TPSA) is 139 Å². The summed E-state index contributed by atoms with van der Waals surface area (Å²) in [5.74, 6) is 0.147. The molecule has 210 valence electrons. The van der Waals surface area contributed by atoms with Crippen LogP contribution in [0.5, 0.6) is 5.88 Å². The van der Waals surface area contributed by atoms with Crippen molar-refractivity contribution >= 4 is 29.4 Å². The summed E-state index contributed by atoms with van der Waals surface area (Å²) >= 11 is 6.46. The number of benzene rings is 1. The number of aliphatic hydroxyl groups excluding tert-OH is 1. The zero-order chi connectivity index (χ0) is 28.2. The number of pyridine rings is 1. The summed E-state index contributed by atoms with van der Waals surface area (Å²) in [4.78, 5) is 41.1. The lowest BCUT2D eigenvalue weighted by Gasteiger charge is -2.23. The van der Waals surface area contributed by atoms with Crippen LogP contribution < -0.4 is 15.4 Å². The van der Waals surface area contributed by atoms with E-state index >= 15 is 0 Å². The van der Waals surface area contributed by atoms with Crippen LogP contribution >= 0.6 is 11.6 Å². The van der Waals surface area contributed by atoms with Crippen molar-refractivity contribution in [1.29, 1.82) is 0 Å². The first-order chi connectivity index (χ1) is 19.4. The summed E-state index contributed by atoms with van der Waals surface area (Å²) in [7, 11) is 1.49. The SMILES string of the molecule is COc1cccc(C(CO)NC(=O)CN2C(=O)c3cc(-c4nc(NC5CCOCC5)ncc4Cl)ccc3[C@@H]2C)n1. The second-order valence-electron chi connectivity index (χ2n) is 9.74. The number of halogens is 1. The fraction of sp³-hybridized carbons (Fsp3) is 0.393. The third-order valence-corrected chi connectivity index (χ3v) is 7.45. The Morgan fingerprint density at radius 3 is 2.80 bits per heavy atom. The van der Waals surface area contributed by atoms with Gasteiger partial charge in [0.05, 0.1) is 48.4 Å². The Morgan fingerprint density at radius 2 is 2.05 bits per heavy atom. The van der Waals surface area contributed by atoms with Crippen molar-refractivity contribution in [2.45, 2.75) is 37.9 Å². The number of fused-ring (bicyclic) bond motifs is 1. The van der Waals surface area contributed by atoms with Crippen LogP contribution in [0.3, 0.4) is 0 Å². The summed E-state index contributed by atoms with van der Waals surface area (Å²) < 4.78 is 10.5. The molecule has 3 N–H and O–H groups in total. The highest BCUT2D eigenvalue weighted by atomic mass is 35.5. The van der Waals surface area contributed by atoms with Gasteiger partial charge in [0.15, 0.2) is 0 Å². The standard InChI is InChI=1S/C28H31ClN6O5/c1-16-19-7-6-17(26-21(29)13-30-28(34-26)31-18-8-10-40-11-9-18)12-20(19)27(38)35(16)14-24(37)32-23(15-36)22-4-3-5-25(33-22)39-2/h3-7,12-13,16,18,23,36H,8-11,14-15H2,1-2H3,(H,32,37)(H,30,31,34)/t16-,23?/m0/s1. The molecule has 0 aliphatic carbocycles. The molecule has 1 aromatic carbocycles. The van der Waals surface area contributed by atoms with Crippen molar-refractivity contribution < 1.29 is 24.2 Å². The second-order valence-corrected chi connectivity index (χ2v) is 10.1. The first-order valence-corrected chi connectivity index (χ1v) is 13.5. The fourth-order valence-electron chi connectivity index (χ4n) is 4.97. The molecule has 11 nitrogen and oxygen atoms in total. The predicted octanol–water partition coefficient (Wildman–Crippen LogP) is 3.16. The number of nitrogens with one attached hydrogen (secondary N) is 2. The maximum Gasteiger partial charge on any atom is 0.255 e. The molecule has 1 unspecified atom stereocenters. The van der Waals surface area contributed by atoms with E-state index in [0.29, 0.717) is 52.6 Å². The van der Waals surface area contributed by atoms with Crippen LogP contribution in [0.2, 0.25) is 5.02 Å². The molecule has 1 saturated heterocycles. The van der Waals surface area contributed by atoms with E-state index in [1.807, 2.05) is 19.1 Å². The van der Waals surface area contributed by atoms with E-state index in [-0.39, 0.29) is 31.1 Å². The smallest absolute Gasteiger partial charge is 0.255 e. The summed E-state index contributed by atoms with van der Waals surface area (Å²) in [5, 5.41) is 16.3. The second kappa shape index (κ2) is 12.2. The maximum atomic E-state index is 13.4. The van der Waals surface area contributed by atoms with Gasteiger partial charge in [0, 0.05) is 36.4 Å². The van der Waals surface area contributed by atoms with Crippen molar-refractivity contribution in [3.8, 4) is 17.1 Å². The zero-order valence-electron chi connectivity index (χ0n) is 22.3. The molecule has 2 amide bonds. The van der Waals surface area contributed by atoms with Gasteiger partial charge in [-0.15, -0.1) is 0 Å². The summed E-state index contributed by atoms with van der Waals surface area (Å²) in [5.41, 5.74) is 2.94. The van der Waals surface area contributed by atoms with Crippen molar-refractivity contribution in [2.75, 3.05) is 38.8 Å². The van der Waals surface area contributed by atoms with Gasteiger partial charge in [-0.3, -0.25) is 9.59 Å². The van der Waals surface area contributed by atoms with Gasteiger partial charge in [0.25, 0.3) is 5.91 Å². The number of rotatable bonds is 9. The molecule has 2 aliphatic heterocycles. The minimum absolute atomic E-state index is 0.183. The summed E-state index contributed by atoms with van der Waals surface area (Å²) in [6, 6.07) is 9.74. The number of aliphatic hydroxyl groups is 1. The van der Waals surface area contributed by atoms with E-state index < -0.39 is 11.9 Å². The van der Waals surface area contributed by atoms with E-state index in [0.717, 1.165) is 18.4 Å². The van der Waals surface area contributed by atoms with Crippen LogP contribution in [0, 0.1) is 0 Å². The van der Waals surface area contributed by atoms with Gasteiger partial charge in [-0.2, -0.15) is 0 Å². The fourth-order valence-corrected chi connectivity index (χ4v) is 5.17. The first-order valence-electron chi connectivity index (χ1n) is 13.1. The predicted molar refractivity (Wildman–Crippen MR) is 148 cm³/mol. The van der Waals surface area contributed by atoms with Gasteiger partial charge in [0.2, 0.25) is 17.7 Å². The maximum absolute atomic E-state index is 13.4. The highest BCUT2D eigenvalue weighted by molar-refractivity contribution is 6.33. The van der Waals surface area contributed by atoms with Crippen LogP contribution in [-0.4, -0.2) is 76.3 Å². The van der Waals surface area contributed by atoms with Crippen LogP contribution in [-0.2, 0) is 9.53 Å². The first kappa shape index (κ1) is 27.8. The number of hydrogen-bond acceptors (Lipinski definition) is 9. The molecule has 0 bridgehead atoms. The van der Waals surface area contributed by atoms with Crippen molar-refractivity contribution in [2.24, 2.45) is 0 Å². The van der Waals surface area contributed by atoms with Gasteiger partial charge in [-0.1, -0.05) is 29.8 Å². The van der Waals surface area contributed by atoms with Crippen LogP contribution in [0.1, 0.15) is 53.5 Å². The Hall–Kier alpha value is -3.80. The molecule has 4 heterocycles. The van der Waals surface area contributed by atoms with Crippen LogP contribution in [0.15, 0.2) is 42.6 Å². The molecule has 0 saturated carbocycles. The van der Waals surface area contributed by atoms with E-state index in [1.165, 1.54) is 12.0 Å². The molecule has 2 atom stereocenters. The molecule has 3 aromatic rings. The summed E-state index contributed by atoms with van der Waals surface area (Å²) in [6.07, 6.45) is 3.28. The Bertz CT molecular complexity index is 1400. The molecule has 40 heavy (non-hydrogen) atoms. The van der Waals surface area contributed by atoms with E-state index in [1.54, 1.807) is 30.5 Å². The lowest BCUT2D eigenvalue weighted by molar-refractivity contribution is -0.123. The van der Waals surface area contributed by atoms with E-state index in [9.17, 15) is 14.7 Å². The monoisotopic (exact) mass is 566 g/mol. The van der Waals surface area contributed by atoms with Crippen LogP contribution in [0.4, 0.5) is 5.95 Å². The van der Waals surface area contributed by atoms with Crippen molar-refractivity contribution in [1.82, 2.24) is 25.2 Å². The summed E-state index contributed by atoms with van der Waals surface area (Å²) in [6.45, 7) is 2.71. The lowest BCUT2D eigenvalue weighted by Crippen LogP contribution is -2.41. The molecule has 5 rings (SSSR count). The number of carbonyl (C=O) groups is 2. The third-order valence-electron chi connectivity index (χ3n) is 7.18. The molecule has 0 radical (unpaired) electrons. The van der Waals surface area contributed by atoms with Gasteiger partial charge in [-0.25, -0.2) is 15.0 Å². The van der Waals surface area contributed by atoms with Crippen LogP contribution in [0.25, 0.3) is 11.3 Å². The molecular formula is C28H31ClN6O5. The lowest BCUT2D eigenvalue weighted by atomic mass is 10.0. The Kier molecular flexibility index (Phi) is 8.43. The molecule has 2 aliphatic rings. The quantitative estimate of drug-likeness (QED) is 0.356. The van der Waals surface area contributed by atoms with Gasteiger partial charge in [-0.05, 0) is 37.5 Å². The molecule has 12 heteroatoms. The number of anilines is 1. The van der Waals surface area contributed by atoms with Gasteiger partial charge >= 0.3 is 0 Å². The molecular weight excluding hydrogens is 536 g/mol. The Labute approximate surface area is 236 Å². The molecule has 0 spiro atoms.